The Balaban J connectivity index is 2.33. The highest BCUT2D eigenvalue weighted by Crippen LogP contribution is 2.03. The van der Waals surface area contributed by atoms with Crippen molar-refractivity contribution >= 4 is 6.03 Å². The quantitative estimate of drug-likeness (QED) is 0.747. The van der Waals surface area contributed by atoms with Crippen molar-refractivity contribution in [3.63, 3.8) is 0 Å². The second-order valence-corrected chi connectivity index (χ2v) is 4.40. The zero-order valence-corrected chi connectivity index (χ0v) is 10.8. The van der Waals surface area contributed by atoms with Gasteiger partial charge in [-0.15, -0.1) is 0 Å². The van der Waals surface area contributed by atoms with Crippen LogP contribution in [0.25, 0.3) is 0 Å². The summed E-state index contributed by atoms with van der Waals surface area (Å²) in [5, 5.41) is 14.3. The van der Waals surface area contributed by atoms with Crippen molar-refractivity contribution in [1.29, 1.82) is 0 Å². The van der Waals surface area contributed by atoms with Gasteiger partial charge >= 0.3 is 6.03 Å². The van der Waals surface area contributed by atoms with E-state index in [-0.39, 0.29) is 12.6 Å². The Morgan fingerprint density at radius 2 is 1.89 bits per heavy atom. The molecule has 1 aromatic rings. The van der Waals surface area contributed by atoms with E-state index in [1.807, 2.05) is 44.2 Å². The smallest absolute Gasteiger partial charge is 0.319 e. The number of amides is 2. The first-order chi connectivity index (χ1) is 8.61. The molecule has 98 valence electrons. The lowest BCUT2D eigenvalue weighted by molar-refractivity contribution is 0.243. The predicted molar refractivity (Wildman–Crippen MR) is 71.7 cm³/mol. The largest absolute Gasteiger partial charge is 0.392 e. The minimum Gasteiger partial charge on any atom is -0.392 e. The van der Waals surface area contributed by atoms with Gasteiger partial charge in [-0.05, 0) is 17.0 Å². The highest BCUT2D eigenvalue weighted by atomic mass is 16.3. The first-order valence-corrected chi connectivity index (χ1v) is 6.01. The molecule has 4 nitrogen and oxygen atoms in total. The summed E-state index contributed by atoms with van der Waals surface area (Å²) in [6.45, 7) is 4.58. The van der Waals surface area contributed by atoms with Gasteiger partial charge in [0.15, 0.2) is 0 Å². The first-order valence-electron chi connectivity index (χ1n) is 6.01. The van der Waals surface area contributed by atoms with Crippen LogP contribution in [-0.4, -0.2) is 11.1 Å². The molecule has 3 N–H and O–H groups in total. The van der Waals surface area contributed by atoms with Gasteiger partial charge in [-0.2, -0.15) is 0 Å². The summed E-state index contributed by atoms with van der Waals surface area (Å²) in [4.78, 5) is 11.4. The summed E-state index contributed by atoms with van der Waals surface area (Å²) in [6, 6.07) is 7.23. The molecule has 0 radical (unpaired) electrons. The second-order valence-electron chi connectivity index (χ2n) is 4.40. The molecule has 4 heteroatoms. The van der Waals surface area contributed by atoms with Crippen molar-refractivity contribution in [2.75, 3.05) is 0 Å². The fourth-order valence-electron chi connectivity index (χ4n) is 1.31. The molecule has 0 aliphatic rings. The molecule has 0 heterocycles. The van der Waals surface area contributed by atoms with Gasteiger partial charge in [0.2, 0.25) is 0 Å². The Kier molecular flexibility index (Phi) is 5.94. The summed E-state index contributed by atoms with van der Waals surface area (Å²) in [7, 11) is 0. The fourth-order valence-corrected chi connectivity index (χ4v) is 1.31. The summed E-state index contributed by atoms with van der Waals surface area (Å²) in [5.74, 6) is 0.413. The lowest BCUT2D eigenvalue weighted by atomic mass is 10.1. The third-order valence-corrected chi connectivity index (χ3v) is 2.35. The maximum Gasteiger partial charge on any atom is 0.319 e. The molecule has 0 spiro atoms. The van der Waals surface area contributed by atoms with Crippen molar-refractivity contribution in [2.45, 2.75) is 27.0 Å². The standard InChI is InChI=1S/C14H20N2O2/c1-11(2)7-8-15-14(18)16-9-12-3-5-13(10-17)6-4-12/h3-8,11,17H,9-10H2,1-2H3,(H2,15,16,18)/b8-7+. The van der Waals surface area contributed by atoms with E-state index in [1.165, 1.54) is 0 Å². The molecule has 18 heavy (non-hydrogen) atoms. The maximum absolute atomic E-state index is 11.4. The molecular weight excluding hydrogens is 228 g/mol. The third kappa shape index (κ3) is 5.50. The van der Waals surface area contributed by atoms with Crippen molar-refractivity contribution in [3.05, 3.63) is 47.7 Å². The second kappa shape index (κ2) is 7.50. The van der Waals surface area contributed by atoms with E-state index in [2.05, 4.69) is 10.6 Å². The average Bonchev–Trinajstić information content (AvgIpc) is 2.36. The molecule has 1 rings (SSSR count). The highest BCUT2D eigenvalue weighted by molar-refractivity contribution is 5.74. The van der Waals surface area contributed by atoms with Gasteiger partial charge in [0.25, 0.3) is 0 Å². The Bertz CT molecular complexity index is 397. The summed E-state index contributed by atoms with van der Waals surface area (Å²) in [6.07, 6.45) is 3.56. The molecule has 0 unspecified atom stereocenters. The van der Waals surface area contributed by atoms with Crippen molar-refractivity contribution in [2.24, 2.45) is 5.92 Å². The lowest BCUT2D eigenvalue weighted by Crippen LogP contribution is -2.31. The van der Waals surface area contributed by atoms with Gasteiger partial charge in [-0.1, -0.05) is 44.2 Å². The molecule has 0 atom stereocenters. The number of aliphatic hydroxyl groups is 1. The van der Waals surface area contributed by atoms with E-state index in [9.17, 15) is 4.79 Å². The summed E-state index contributed by atoms with van der Waals surface area (Å²) >= 11 is 0. The number of nitrogens with one attached hydrogen (secondary N) is 2. The minimum absolute atomic E-state index is 0.0359. The molecule has 0 bridgehead atoms. The lowest BCUT2D eigenvalue weighted by Gasteiger charge is -2.05. The number of allylic oxidation sites excluding steroid dienone is 1. The van der Waals surface area contributed by atoms with Crippen LogP contribution in [0, 0.1) is 5.92 Å². The highest BCUT2D eigenvalue weighted by Gasteiger charge is 1.98. The van der Waals surface area contributed by atoms with Crippen LogP contribution >= 0.6 is 0 Å². The number of hydrogen-bond donors (Lipinski definition) is 3. The predicted octanol–water partition coefficient (Wildman–Crippen LogP) is 2.15. The van der Waals surface area contributed by atoms with E-state index < -0.39 is 0 Å². The Hall–Kier alpha value is -1.81. The topological polar surface area (TPSA) is 61.4 Å². The van der Waals surface area contributed by atoms with Gasteiger partial charge in [0.1, 0.15) is 0 Å². The van der Waals surface area contributed by atoms with Crippen LogP contribution in [0.4, 0.5) is 4.79 Å². The van der Waals surface area contributed by atoms with Crippen molar-refractivity contribution in [1.82, 2.24) is 10.6 Å². The van der Waals surface area contributed by atoms with Crippen LogP contribution < -0.4 is 10.6 Å². The zero-order valence-electron chi connectivity index (χ0n) is 10.8. The molecule has 1 aromatic carbocycles. The van der Waals surface area contributed by atoms with Crippen LogP contribution in [0.3, 0.4) is 0 Å². The van der Waals surface area contributed by atoms with Crippen LogP contribution in [0.5, 0.6) is 0 Å². The number of aliphatic hydroxyl groups excluding tert-OH is 1. The number of carbonyl (C=O) groups excluding carboxylic acids is 1. The molecular formula is C14H20N2O2. The SMILES string of the molecule is CC(C)/C=C/NC(=O)NCc1ccc(CO)cc1. The Morgan fingerprint density at radius 3 is 2.44 bits per heavy atom. The van der Waals surface area contributed by atoms with E-state index >= 15 is 0 Å². The molecule has 0 saturated carbocycles. The molecule has 0 saturated heterocycles. The Labute approximate surface area is 108 Å². The van der Waals surface area contributed by atoms with Gasteiger partial charge in [-0.3, -0.25) is 0 Å². The van der Waals surface area contributed by atoms with Crippen LogP contribution in [0.2, 0.25) is 0 Å². The summed E-state index contributed by atoms with van der Waals surface area (Å²) in [5.41, 5.74) is 1.86. The van der Waals surface area contributed by atoms with Crippen molar-refractivity contribution < 1.29 is 9.90 Å². The minimum atomic E-state index is -0.224. The molecule has 0 aromatic heterocycles. The van der Waals surface area contributed by atoms with Crippen LogP contribution in [0.15, 0.2) is 36.5 Å². The third-order valence-electron chi connectivity index (χ3n) is 2.35. The van der Waals surface area contributed by atoms with Crippen molar-refractivity contribution in [3.8, 4) is 0 Å². The number of urea groups is 1. The monoisotopic (exact) mass is 248 g/mol. The van der Waals surface area contributed by atoms with Gasteiger partial charge < -0.3 is 15.7 Å². The number of benzene rings is 1. The summed E-state index contributed by atoms with van der Waals surface area (Å²) < 4.78 is 0. The fraction of sp³-hybridized carbons (Fsp3) is 0.357. The molecule has 0 aliphatic carbocycles. The average molecular weight is 248 g/mol. The van der Waals surface area contributed by atoms with Gasteiger partial charge in [0.05, 0.1) is 6.61 Å². The van der Waals surface area contributed by atoms with E-state index in [4.69, 9.17) is 5.11 Å². The normalized spacial score (nSPS) is 10.9. The van der Waals surface area contributed by atoms with Crippen LogP contribution in [0.1, 0.15) is 25.0 Å². The number of rotatable bonds is 5. The van der Waals surface area contributed by atoms with Gasteiger partial charge in [0, 0.05) is 12.7 Å². The van der Waals surface area contributed by atoms with Gasteiger partial charge in [-0.25, -0.2) is 4.79 Å². The molecule has 2 amide bonds. The number of carbonyl (C=O) groups is 1. The van der Waals surface area contributed by atoms with E-state index in [0.29, 0.717) is 12.5 Å². The Morgan fingerprint density at radius 1 is 1.28 bits per heavy atom. The van der Waals surface area contributed by atoms with Crippen LogP contribution in [-0.2, 0) is 13.2 Å². The first kappa shape index (κ1) is 14.3. The van der Waals surface area contributed by atoms with E-state index in [1.54, 1.807) is 6.20 Å². The maximum atomic E-state index is 11.4. The zero-order chi connectivity index (χ0) is 13.4. The van der Waals surface area contributed by atoms with E-state index in [0.717, 1.165) is 11.1 Å². The molecule has 0 aliphatic heterocycles. The number of hydrogen-bond acceptors (Lipinski definition) is 2. The molecule has 0 fully saturated rings.